The zero-order chi connectivity index (χ0) is 16.8. The van der Waals surface area contributed by atoms with Crippen molar-refractivity contribution in [3.8, 4) is 0 Å². The van der Waals surface area contributed by atoms with E-state index in [0.29, 0.717) is 6.42 Å². The molecule has 1 atom stereocenters. The molecule has 0 aromatic heterocycles. The number of sulfonamides is 1. The van der Waals surface area contributed by atoms with E-state index in [-0.39, 0.29) is 10.8 Å². The summed E-state index contributed by atoms with van der Waals surface area (Å²) in [5.74, 6) is 0.274. The number of ether oxygens (including phenoxy) is 1. The Bertz CT molecular complexity index is 656. The van der Waals surface area contributed by atoms with Crippen LogP contribution >= 0.6 is 0 Å². The van der Waals surface area contributed by atoms with Gasteiger partial charge in [-0.15, -0.1) is 5.73 Å². The van der Waals surface area contributed by atoms with Gasteiger partial charge in [0.25, 0.3) is 10.0 Å². The van der Waals surface area contributed by atoms with Gasteiger partial charge in [-0.25, -0.2) is 17.9 Å². The molecule has 0 saturated carbocycles. The van der Waals surface area contributed by atoms with E-state index in [9.17, 15) is 13.2 Å². The Morgan fingerprint density at radius 3 is 2.45 bits per heavy atom. The first-order chi connectivity index (χ1) is 10.2. The van der Waals surface area contributed by atoms with Crippen LogP contribution in [0.2, 0.25) is 0 Å². The van der Waals surface area contributed by atoms with Crippen LogP contribution in [0.4, 0.5) is 4.79 Å². The molecule has 5 nitrogen and oxygen atoms in total. The van der Waals surface area contributed by atoms with E-state index in [0.717, 1.165) is 5.56 Å². The lowest BCUT2D eigenvalue weighted by molar-refractivity contribution is 0.115. The van der Waals surface area contributed by atoms with Gasteiger partial charge in [-0.2, -0.15) is 0 Å². The van der Waals surface area contributed by atoms with Crippen LogP contribution in [-0.2, 0) is 14.8 Å². The molecule has 1 unspecified atom stereocenters. The fourth-order valence-electron chi connectivity index (χ4n) is 1.79. The quantitative estimate of drug-likeness (QED) is 0.816. The van der Waals surface area contributed by atoms with Crippen LogP contribution in [-0.4, -0.2) is 20.6 Å². The fourth-order valence-corrected chi connectivity index (χ4v) is 2.67. The van der Waals surface area contributed by atoms with Crippen LogP contribution in [0.5, 0.6) is 0 Å². The maximum atomic E-state index is 12.1. The summed E-state index contributed by atoms with van der Waals surface area (Å²) in [5, 5.41) is 0. The van der Waals surface area contributed by atoms with E-state index in [1.165, 1.54) is 18.2 Å². The van der Waals surface area contributed by atoms with Gasteiger partial charge in [0, 0.05) is 0 Å². The lowest BCUT2D eigenvalue weighted by Gasteiger charge is -2.16. The third-order valence-corrected chi connectivity index (χ3v) is 4.14. The van der Waals surface area contributed by atoms with Crippen LogP contribution in [0.25, 0.3) is 0 Å². The monoisotopic (exact) mass is 323 g/mol. The Kier molecular flexibility index (Phi) is 6.40. The maximum Gasteiger partial charge on any atom is 0.421 e. The van der Waals surface area contributed by atoms with E-state index in [2.05, 4.69) is 12.3 Å². The average molecular weight is 323 g/mol. The van der Waals surface area contributed by atoms with Crippen molar-refractivity contribution in [2.45, 2.75) is 38.2 Å². The Labute approximate surface area is 131 Å². The molecule has 1 N–H and O–H groups in total. The highest BCUT2D eigenvalue weighted by Gasteiger charge is 2.21. The number of carbonyl (C=O) groups is 1. The summed E-state index contributed by atoms with van der Waals surface area (Å²) in [5.41, 5.74) is 3.48. The number of nitrogens with one attached hydrogen (secondary N) is 1. The zero-order valence-electron chi connectivity index (χ0n) is 13.0. The van der Waals surface area contributed by atoms with Gasteiger partial charge in [-0.3, -0.25) is 0 Å². The first-order valence-electron chi connectivity index (χ1n) is 6.90. The summed E-state index contributed by atoms with van der Waals surface area (Å²) in [6.45, 7) is 9.21. The largest absolute Gasteiger partial charge is 0.441 e. The summed E-state index contributed by atoms with van der Waals surface area (Å²) in [4.78, 5) is 11.8. The summed E-state index contributed by atoms with van der Waals surface area (Å²) >= 11 is 0. The van der Waals surface area contributed by atoms with E-state index in [1.54, 1.807) is 12.1 Å². The summed E-state index contributed by atoms with van der Waals surface area (Å²) in [6.07, 6.45) is 0.474. The number of rotatable bonds is 6. The van der Waals surface area contributed by atoms with Crippen molar-refractivity contribution in [2.24, 2.45) is 5.92 Å². The highest BCUT2D eigenvalue weighted by atomic mass is 32.2. The highest BCUT2D eigenvalue weighted by molar-refractivity contribution is 7.90. The lowest BCUT2D eigenvalue weighted by atomic mass is 10.1. The van der Waals surface area contributed by atoms with Crippen molar-refractivity contribution in [1.82, 2.24) is 4.72 Å². The molecule has 0 spiro atoms. The van der Waals surface area contributed by atoms with Gasteiger partial charge < -0.3 is 4.74 Å². The molecule has 0 radical (unpaired) electrons. The van der Waals surface area contributed by atoms with Gasteiger partial charge in [0.05, 0.1) is 4.90 Å². The van der Waals surface area contributed by atoms with E-state index in [4.69, 9.17) is 4.74 Å². The summed E-state index contributed by atoms with van der Waals surface area (Å²) in [6, 6.07) is 6.17. The van der Waals surface area contributed by atoms with Crippen molar-refractivity contribution in [3.05, 3.63) is 48.2 Å². The molecule has 0 bridgehead atoms. The van der Waals surface area contributed by atoms with Crippen LogP contribution < -0.4 is 4.72 Å². The maximum absolute atomic E-state index is 12.1. The summed E-state index contributed by atoms with van der Waals surface area (Å²) < 4.78 is 31.1. The molecular weight excluding hydrogens is 302 g/mol. The predicted octanol–water partition coefficient (Wildman–Crippen LogP) is 3.17. The molecule has 22 heavy (non-hydrogen) atoms. The normalized spacial score (nSPS) is 12.4. The van der Waals surface area contributed by atoms with Crippen molar-refractivity contribution in [2.75, 3.05) is 0 Å². The fraction of sp³-hybridized carbons (Fsp3) is 0.375. The van der Waals surface area contributed by atoms with Gasteiger partial charge in [0.15, 0.2) is 0 Å². The smallest absolute Gasteiger partial charge is 0.421 e. The number of hydrogen-bond acceptors (Lipinski definition) is 4. The van der Waals surface area contributed by atoms with Gasteiger partial charge in [0.2, 0.25) is 0 Å². The Morgan fingerprint density at radius 1 is 1.36 bits per heavy atom. The van der Waals surface area contributed by atoms with Crippen molar-refractivity contribution >= 4 is 16.1 Å². The Morgan fingerprint density at radius 2 is 1.95 bits per heavy atom. The molecule has 0 aliphatic heterocycles. The first-order valence-corrected chi connectivity index (χ1v) is 8.39. The molecular formula is C16H21NO4S. The molecule has 1 aromatic carbocycles. The van der Waals surface area contributed by atoms with Crippen molar-refractivity contribution in [3.63, 3.8) is 0 Å². The third kappa shape index (κ3) is 5.76. The van der Waals surface area contributed by atoms with Crippen molar-refractivity contribution in [1.29, 1.82) is 0 Å². The highest BCUT2D eigenvalue weighted by Crippen LogP contribution is 2.12. The molecule has 0 aliphatic rings. The van der Waals surface area contributed by atoms with E-state index >= 15 is 0 Å². The third-order valence-electron chi connectivity index (χ3n) is 2.81. The van der Waals surface area contributed by atoms with E-state index < -0.39 is 22.2 Å². The van der Waals surface area contributed by atoms with Crippen LogP contribution in [0, 0.1) is 12.8 Å². The van der Waals surface area contributed by atoms with E-state index in [1.807, 2.05) is 25.5 Å². The molecule has 0 saturated heterocycles. The molecule has 0 aliphatic carbocycles. The Balaban J connectivity index is 2.77. The SMILES string of the molecule is C=C=CC(CC(C)C)OC(=O)NS(=O)(=O)c1ccc(C)cc1. The predicted molar refractivity (Wildman–Crippen MR) is 84.9 cm³/mol. The minimum atomic E-state index is -3.94. The molecule has 120 valence electrons. The second-order valence-electron chi connectivity index (χ2n) is 5.36. The second-order valence-corrected chi connectivity index (χ2v) is 7.05. The zero-order valence-corrected chi connectivity index (χ0v) is 13.8. The average Bonchev–Trinajstić information content (AvgIpc) is 2.37. The van der Waals surface area contributed by atoms with Gasteiger partial charge >= 0.3 is 6.09 Å². The van der Waals surface area contributed by atoms with Crippen molar-refractivity contribution < 1.29 is 17.9 Å². The number of amides is 1. The number of carbonyl (C=O) groups excluding carboxylic acids is 1. The molecule has 1 amide bonds. The first kappa shape index (κ1) is 18.0. The molecule has 0 heterocycles. The number of benzene rings is 1. The minimum Gasteiger partial charge on any atom is -0.441 e. The molecule has 1 rings (SSSR count). The molecule has 6 heteroatoms. The lowest BCUT2D eigenvalue weighted by Crippen LogP contribution is -2.33. The van der Waals surface area contributed by atoms with Crippen LogP contribution in [0.1, 0.15) is 25.8 Å². The summed E-state index contributed by atoms with van der Waals surface area (Å²) in [7, 11) is -3.94. The van der Waals surface area contributed by atoms with Gasteiger partial charge in [0.1, 0.15) is 6.10 Å². The minimum absolute atomic E-state index is 0.00900. The molecule has 1 aromatic rings. The van der Waals surface area contributed by atoms with Gasteiger partial charge in [-0.05, 0) is 37.5 Å². The second kappa shape index (κ2) is 7.82. The van der Waals surface area contributed by atoms with Crippen LogP contribution in [0.3, 0.4) is 0 Å². The number of hydrogen-bond donors (Lipinski definition) is 1. The topological polar surface area (TPSA) is 72.5 Å². The number of aryl methyl sites for hydroxylation is 1. The van der Waals surface area contributed by atoms with Gasteiger partial charge in [-0.1, -0.05) is 38.1 Å². The standard InChI is InChI=1S/C16H21NO4S/c1-5-6-14(11-12(2)3)21-16(18)17-22(19,20)15-9-7-13(4)8-10-15/h6-10,12,14H,1,11H2,2-4H3,(H,17,18). The molecule has 0 fully saturated rings. The van der Waals surface area contributed by atoms with Crippen LogP contribution in [0.15, 0.2) is 47.5 Å². The Hall–Kier alpha value is -2.04.